The van der Waals surface area contributed by atoms with Crippen molar-refractivity contribution in [1.29, 1.82) is 0 Å². The minimum atomic E-state index is 0.758. The Morgan fingerprint density at radius 1 is 1.00 bits per heavy atom. The Kier molecular flexibility index (Phi) is 3.97. The highest BCUT2D eigenvalue weighted by Crippen LogP contribution is 2.51. The van der Waals surface area contributed by atoms with Crippen LogP contribution in [0.5, 0.6) is 0 Å². The van der Waals surface area contributed by atoms with Crippen LogP contribution in [0.15, 0.2) is 0 Å². The Bertz CT molecular complexity index is 220. The molecule has 2 aliphatic carbocycles. The van der Waals surface area contributed by atoms with Crippen LogP contribution in [0.3, 0.4) is 0 Å². The number of hydrogen-bond donors (Lipinski definition) is 0. The molecule has 4 atom stereocenters. The molecule has 2 fully saturated rings. The first-order valence-electron chi connectivity index (χ1n) is 7.63. The quantitative estimate of drug-likeness (QED) is 0.556. The van der Waals surface area contributed by atoms with Gasteiger partial charge in [-0.3, -0.25) is 0 Å². The minimum Gasteiger partial charge on any atom is -0.0651 e. The summed E-state index contributed by atoms with van der Waals surface area (Å²) in [6, 6.07) is 0. The Balaban J connectivity index is 2.08. The first-order chi connectivity index (χ1) is 7.63. The summed E-state index contributed by atoms with van der Waals surface area (Å²) in [5.41, 5.74) is 0.758. The van der Waals surface area contributed by atoms with Crippen molar-refractivity contribution in [1.82, 2.24) is 0 Å². The van der Waals surface area contributed by atoms with E-state index < -0.39 is 0 Å². The first-order valence-corrected chi connectivity index (χ1v) is 7.63. The first kappa shape index (κ1) is 12.5. The topological polar surface area (TPSA) is 0 Å². The van der Waals surface area contributed by atoms with E-state index in [1.807, 2.05) is 0 Å². The van der Waals surface area contributed by atoms with Crippen molar-refractivity contribution in [2.45, 2.75) is 78.6 Å². The molecule has 0 saturated heterocycles. The molecule has 2 rings (SSSR count). The zero-order chi connectivity index (χ0) is 11.6. The molecule has 0 N–H and O–H groups in total. The third-order valence-electron chi connectivity index (χ3n) is 5.25. The fourth-order valence-electron chi connectivity index (χ4n) is 4.79. The number of hydrogen-bond acceptors (Lipinski definition) is 0. The van der Waals surface area contributed by atoms with Gasteiger partial charge < -0.3 is 0 Å². The molecular weight excluding hydrogens is 192 g/mol. The lowest BCUT2D eigenvalue weighted by Crippen LogP contribution is -2.33. The summed E-state index contributed by atoms with van der Waals surface area (Å²) in [7, 11) is 0. The van der Waals surface area contributed by atoms with Crippen LogP contribution >= 0.6 is 0 Å². The zero-order valence-corrected chi connectivity index (χ0v) is 11.6. The van der Waals surface area contributed by atoms with Crippen molar-refractivity contribution >= 4 is 0 Å². The maximum absolute atomic E-state index is 2.50. The van der Waals surface area contributed by atoms with Crippen molar-refractivity contribution in [3.8, 4) is 0 Å². The third kappa shape index (κ3) is 2.81. The molecule has 0 radical (unpaired) electrons. The van der Waals surface area contributed by atoms with Crippen LogP contribution in [0.2, 0.25) is 0 Å². The molecule has 0 aliphatic heterocycles. The standard InChI is InChI=1S/C16H30/c1-4-15-9-14(3)11-16(12-15)8-6-5-7-13(2)10-16/h13-15H,4-12H2,1-3H3. The van der Waals surface area contributed by atoms with Gasteiger partial charge in [0.15, 0.2) is 0 Å². The molecule has 0 heterocycles. The van der Waals surface area contributed by atoms with Crippen molar-refractivity contribution in [3.05, 3.63) is 0 Å². The monoisotopic (exact) mass is 222 g/mol. The second kappa shape index (κ2) is 5.10. The lowest BCUT2D eigenvalue weighted by molar-refractivity contribution is 0.0673. The van der Waals surface area contributed by atoms with E-state index in [2.05, 4.69) is 20.8 Å². The average Bonchev–Trinajstić information content (AvgIpc) is 2.39. The van der Waals surface area contributed by atoms with Gasteiger partial charge in [0.1, 0.15) is 0 Å². The summed E-state index contributed by atoms with van der Waals surface area (Å²) in [5.74, 6) is 3.02. The second-order valence-corrected chi connectivity index (χ2v) is 7.08. The second-order valence-electron chi connectivity index (χ2n) is 7.08. The lowest BCUT2D eigenvalue weighted by atomic mass is 9.61. The molecule has 2 aliphatic rings. The van der Waals surface area contributed by atoms with Gasteiger partial charge in [0.2, 0.25) is 0 Å². The van der Waals surface area contributed by atoms with Gasteiger partial charge in [-0.05, 0) is 55.3 Å². The van der Waals surface area contributed by atoms with Gasteiger partial charge >= 0.3 is 0 Å². The summed E-state index contributed by atoms with van der Waals surface area (Å²) in [6.45, 7) is 7.39. The van der Waals surface area contributed by atoms with E-state index in [1.54, 1.807) is 6.42 Å². The largest absolute Gasteiger partial charge is 0.0651 e. The van der Waals surface area contributed by atoms with E-state index in [0.29, 0.717) is 0 Å². The molecule has 1 spiro atoms. The van der Waals surface area contributed by atoms with E-state index in [-0.39, 0.29) is 0 Å². The van der Waals surface area contributed by atoms with Gasteiger partial charge in [0, 0.05) is 0 Å². The minimum absolute atomic E-state index is 0.758. The predicted octanol–water partition coefficient (Wildman–Crippen LogP) is 5.42. The molecule has 4 unspecified atom stereocenters. The highest BCUT2D eigenvalue weighted by atomic mass is 14.4. The van der Waals surface area contributed by atoms with Crippen LogP contribution in [0.4, 0.5) is 0 Å². The smallest absolute Gasteiger partial charge is 0.0290 e. The maximum atomic E-state index is 2.50. The molecule has 0 heteroatoms. The molecule has 0 nitrogen and oxygen atoms in total. The van der Waals surface area contributed by atoms with Crippen LogP contribution in [-0.2, 0) is 0 Å². The van der Waals surface area contributed by atoms with Crippen molar-refractivity contribution in [3.63, 3.8) is 0 Å². The SMILES string of the molecule is CCC1CC(C)CC2(CCCCC(C)C2)C1. The average molecular weight is 222 g/mol. The van der Waals surface area contributed by atoms with Crippen molar-refractivity contribution in [2.75, 3.05) is 0 Å². The molecule has 0 aromatic rings. The van der Waals surface area contributed by atoms with E-state index >= 15 is 0 Å². The number of rotatable bonds is 1. The van der Waals surface area contributed by atoms with E-state index in [9.17, 15) is 0 Å². The molecule has 0 amide bonds. The summed E-state index contributed by atoms with van der Waals surface area (Å²) < 4.78 is 0. The van der Waals surface area contributed by atoms with E-state index in [4.69, 9.17) is 0 Å². The highest BCUT2D eigenvalue weighted by Gasteiger charge is 2.39. The Labute approximate surface area is 102 Å². The molecule has 0 aromatic carbocycles. The molecule has 94 valence electrons. The highest BCUT2D eigenvalue weighted by molar-refractivity contribution is 4.91. The van der Waals surface area contributed by atoms with Gasteiger partial charge in [0.25, 0.3) is 0 Å². The van der Waals surface area contributed by atoms with Crippen LogP contribution in [-0.4, -0.2) is 0 Å². The fourth-order valence-corrected chi connectivity index (χ4v) is 4.79. The van der Waals surface area contributed by atoms with Gasteiger partial charge in [-0.25, -0.2) is 0 Å². The van der Waals surface area contributed by atoms with Crippen LogP contribution < -0.4 is 0 Å². The summed E-state index contributed by atoms with van der Waals surface area (Å²) in [4.78, 5) is 0. The van der Waals surface area contributed by atoms with E-state index in [1.165, 1.54) is 51.4 Å². The van der Waals surface area contributed by atoms with Crippen LogP contribution in [0, 0.1) is 23.2 Å². The lowest BCUT2D eigenvalue weighted by Gasteiger charge is -2.44. The van der Waals surface area contributed by atoms with Crippen LogP contribution in [0.25, 0.3) is 0 Å². The Morgan fingerprint density at radius 2 is 1.75 bits per heavy atom. The molecule has 16 heavy (non-hydrogen) atoms. The molecule has 0 bridgehead atoms. The Hall–Kier alpha value is 0. The third-order valence-corrected chi connectivity index (χ3v) is 5.25. The molecular formula is C16H30. The maximum Gasteiger partial charge on any atom is -0.0290 e. The van der Waals surface area contributed by atoms with Gasteiger partial charge in [-0.2, -0.15) is 0 Å². The molecule has 0 aromatic heterocycles. The van der Waals surface area contributed by atoms with Crippen LogP contribution in [0.1, 0.15) is 78.6 Å². The summed E-state index contributed by atoms with van der Waals surface area (Å²) in [5, 5.41) is 0. The van der Waals surface area contributed by atoms with Gasteiger partial charge in [-0.15, -0.1) is 0 Å². The van der Waals surface area contributed by atoms with Crippen molar-refractivity contribution < 1.29 is 0 Å². The van der Waals surface area contributed by atoms with Gasteiger partial charge in [-0.1, -0.05) is 46.5 Å². The fraction of sp³-hybridized carbons (Fsp3) is 1.00. The van der Waals surface area contributed by atoms with E-state index in [0.717, 1.165) is 23.2 Å². The summed E-state index contributed by atoms with van der Waals surface area (Å²) >= 11 is 0. The summed E-state index contributed by atoms with van der Waals surface area (Å²) in [6.07, 6.45) is 13.6. The zero-order valence-electron chi connectivity index (χ0n) is 11.6. The Morgan fingerprint density at radius 3 is 2.50 bits per heavy atom. The van der Waals surface area contributed by atoms with Crippen molar-refractivity contribution in [2.24, 2.45) is 23.2 Å². The predicted molar refractivity (Wildman–Crippen MR) is 71.5 cm³/mol. The normalized spacial score (nSPS) is 45.6. The van der Waals surface area contributed by atoms with Gasteiger partial charge in [0.05, 0.1) is 0 Å². The molecule has 2 saturated carbocycles.